The quantitative estimate of drug-likeness (QED) is 0.700. The number of fused-ring (bicyclic) bond motifs is 1. The average Bonchev–Trinajstić information content (AvgIpc) is 2.71. The van der Waals surface area contributed by atoms with Crippen LogP contribution in [-0.2, 0) is 0 Å². The van der Waals surface area contributed by atoms with Crippen LogP contribution in [0.2, 0.25) is 0 Å². The van der Waals surface area contributed by atoms with Gasteiger partial charge in [-0.15, -0.1) is 0 Å². The van der Waals surface area contributed by atoms with E-state index in [0.29, 0.717) is 4.48 Å². The monoisotopic (exact) mass is 373 g/mol. The maximum absolute atomic E-state index is 13.0. The molecule has 0 bridgehead atoms. The molecule has 1 unspecified atom stereocenters. The highest BCUT2D eigenvalue weighted by Gasteiger charge is 2.47. The molecule has 1 aromatic rings. The van der Waals surface area contributed by atoms with Gasteiger partial charge in [-0.05, 0) is 25.0 Å². The number of rotatable bonds is 1. The first kappa shape index (κ1) is 15.3. The predicted octanol–water partition coefficient (Wildman–Crippen LogP) is 3.90. The third-order valence-electron chi connectivity index (χ3n) is 4.02. The van der Waals surface area contributed by atoms with Gasteiger partial charge in [0, 0.05) is 4.48 Å². The molecule has 2 aliphatic rings. The van der Waals surface area contributed by atoms with Gasteiger partial charge in [0.15, 0.2) is 0 Å². The van der Waals surface area contributed by atoms with Crippen molar-refractivity contribution in [3.63, 3.8) is 0 Å². The van der Waals surface area contributed by atoms with E-state index in [0.717, 1.165) is 4.90 Å². The highest BCUT2D eigenvalue weighted by atomic mass is 79.9. The molecule has 0 radical (unpaired) electrons. The van der Waals surface area contributed by atoms with Gasteiger partial charge in [0.1, 0.15) is 0 Å². The number of imide groups is 1. The van der Waals surface area contributed by atoms with E-state index in [-0.39, 0.29) is 24.0 Å². The molecule has 3 rings (SSSR count). The zero-order valence-electron chi connectivity index (χ0n) is 11.2. The van der Waals surface area contributed by atoms with Crippen molar-refractivity contribution < 1.29 is 22.8 Å². The van der Waals surface area contributed by atoms with Crippen LogP contribution in [0.3, 0.4) is 0 Å². The Hall–Kier alpha value is -1.63. The van der Waals surface area contributed by atoms with Gasteiger partial charge in [-0.25, -0.2) is 0 Å². The molecule has 0 saturated carbocycles. The van der Waals surface area contributed by atoms with E-state index < -0.39 is 30.0 Å². The lowest BCUT2D eigenvalue weighted by atomic mass is 9.89. The SMILES string of the molecule is O=C1c2ccccc2C(=O)N1C1C[C@H](C(F)(F)F)CC=C1Br. The van der Waals surface area contributed by atoms with Crippen LogP contribution < -0.4 is 0 Å². The van der Waals surface area contributed by atoms with Gasteiger partial charge in [-0.3, -0.25) is 14.5 Å². The Morgan fingerprint density at radius 3 is 2.14 bits per heavy atom. The Labute approximate surface area is 132 Å². The van der Waals surface area contributed by atoms with Crippen LogP contribution in [0, 0.1) is 5.92 Å². The number of halogens is 4. The van der Waals surface area contributed by atoms with Gasteiger partial charge in [0.2, 0.25) is 0 Å². The molecular formula is C15H11BrF3NO2. The summed E-state index contributed by atoms with van der Waals surface area (Å²) in [6, 6.07) is 5.36. The number of amides is 2. The summed E-state index contributed by atoms with van der Waals surface area (Å²) in [5.41, 5.74) is 0.476. The Morgan fingerprint density at radius 1 is 1.09 bits per heavy atom. The molecule has 0 fully saturated rings. The topological polar surface area (TPSA) is 37.4 Å². The lowest BCUT2D eigenvalue weighted by Gasteiger charge is -2.33. The van der Waals surface area contributed by atoms with Crippen LogP contribution in [0.15, 0.2) is 34.8 Å². The molecule has 1 aromatic carbocycles. The van der Waals surface area contributed by atoms with Crippen molar-refractivity contribution in [2.45, 2.75) is 25.1 Å². The minimum Gasteiger partial charge on any atom is -0.269 e. The molecule has 0 spiro atoms. The van der Waals surface area contributed by atoms with Gasteiger partial charge in [-0.1, -0.05) is 34.1 Å². The largest absolute Gasteiger partial charge is 0.392 e. The van der Waals surface area contributed by atoms with E-state index in [1.807, 2.05) is 0 Å². The maximum atomic E-state index is 13.0. The summed E-state index contributed by atoms with van der Waals surface area (Å²) in [5, 5.41) is 0. The Balaban J connectivity index is 1.95. The fraction of sp³-hybridized carbons (Fsp3) is 0.333. The molecule has 1 aliphatic carbocycles. The van der Waals surface area contributed by atoms with E-state index >= 15 is 0 Å². The first-order valence-electron chi connectivity index (χ1n) is 6.70. The second-order valence-electron chi connectivity index (χ2n) is 5.34. The summed E-state index contributed by atoms with van der Waals surface area (Å²) in [6.07, 6.45) is -3.41. The molecule has 22 heavy (non-hydrogen) atoms. The molecule has 2 atom stereocenters. The van der Waals surface area contributed by atoms with Crippen molar-refractivity contribution in [2.75, 3.05) is 0 Å². The lowest BCUT2D eigenvalue weighted by molar-refractivity contribution is -0.178. The van der Waals surface area contributed by atoms with Crippen LogP contribution in [-0.4, -0.2) is 28.9 Å². The summed E-state index contributed by atoms with van der Waals surface area (Å²) < 4.78 is 39.3. The number of benzene rings is 1. The smallest absolute Gasteiger partial charge is 0.269 e. The Kier molecular flexibility index (Phi) is 3.63. The molecule has 1 heterocycles. The van der Waals surface area contributed by atoms with E-state index in [9.17, 15) is 22.8 Å². The van der Waals surface area contributed by atoms with Gasteiger partial charge >= 0.3 is 6.18 Å². The third kappa shape index (κ3) is 2.37. The fourth-order valence-electron chi connectivity index (χ4n) is 2.86. The van der Waals surface area contributed by atoms with Crippen LogP contribution in [0.5, 0.6) is 0 Å². The van der Waals surface area contributed by atoms with Crippen LogP contribution in [0.25, 0.3) is 0 Å². The summed E-state index contributed by atoms with van der Waals surface area (Å²) >= 11 is 3.21. The average molecular weight is 374 g/mol. The summed E-state index contributed by atoms with van der Waals surface area (Å²) in [5.74, 6) is -2.64. The van der Waals surface area contributed by atoms with E-state index in [1.165, 1.54) is 18.2 Å². The molecule has 3 nitrogen and oxygen atoms in total. The second kappa shape index (κ2) is 5.22. The molecule has 116 valence electrons. The van der Waals surface area contributed by atoms with Crippen molar-refractivity contribution in [3.05, 3.63) is 46.0 Å². The Morgan fingerprint density at radius 2 is 1.64 bits per heavy atom. The minimum absolute atomic E-state index is 0.149. The third-order valence-corrected chi connectivity index (χ3v) is 4.88. The number of nitrogens with zero attached hydrogens (tertiary/aromatic N) is 1. The van der Waals surface area contributed by atoms with Gasteiger partial charge in [-0.2, -0.15) is 13.2 Å². The van der Waals surface area contributed by atoms with Crippen LogP contribution >= 0.6 is 15.9 Å². The second-order valence-corrected chi connectivity index (χ2v) is 6.26. The molecular weight excluding hydrogens is 363 g/mol. The van der Waals surface area contributed by atoms with Gasteiger partial charge in [0.05, 0.1) is 23.1 Å². The van der Waals surface area contributed by atoms with Crippen LogP contribution in [0.4, 0.5) is 13.2 Å². The molecule has 0 N–H and O–H groups in total. The number of hydrogen-bond donors (Lipinski definition) is 0. The molecule has 0 saturated heterocycles. The van der Waals surface area contributed by atoms with Crippen LogP contribution in [0.1, 0.15) is 33.6 Å². The van der Waals surface area contributed by atoms with Crippen molar-refractivity contribution in [3.8, 4) is 0 Å². The molecule has 2 amide bonds. The number of hydrogen-bond acceptors (Lipinski definition) is 2. The van der Waals surface area contributed by atoms with Crippen molar-refractivity contribution in [1.29, 1.82) is 0 Å². The van der Waals surface area contributed by atoms with E-state index in [2.05, 4.69) is 15.9 Å². The highest BCUT2D eigenvalue weighted by Crippen LogP contribution is 2.41. The normalized spacial score (nSPS) is 25.3. The number of allylic oxidation sites excluding steroid dienone is 1. The first-order valence-corrected chi connectivity index (χ1v) is 7.49. The number of alkyl halides is 3. The van der Waals surface area contributed by atoms with E-state index in [4.69, 9.17) is 0 Å². The summed E-state index contributed by atoms with van der Waals surface area (Å²) in [4.78, 5) is 25.7. The summed E-state index contributed by atoms with van der Waals surface area (Å²) in [7, 11) is 0. The first-order chi connectivity index (χ1) is 10.3. The van der Waals surface area contributed by atoms with E-state index in [1.54, 1.807) is 12.1 Å². The van der Waals surface area contributed by atoms with Crippen molar-refractivity contribution in [1.82, 2.24) is 4.90 Å². The van der Waals surface area contributed by atoms with Crippen molar-refractivity contribution in [2.24, 2.45) is 5.92 Å². The molecule has 0 aromatic heterocycles. The lowest BCUT2D eigenvalue weighted by Crippen LogP contribution is -2.44. The van der Waals surface area contributed by atoms with Gasteiger partial charge in [0.25, 0.3) is 11.8 Å². The number of carbonyl (C=O) groups is 2. The fourth-order valence-corrected chi connectivity index (χ4v) is 3.43. The zero-order chi connectivity index (χ0) is 16.1. The molecule has 1 aliphatic heterocycles. The zero-order valence-corrected chi connectivity index (χ0v) is 12.8. The molecule has 7 heteroatoms. The number of carbonyl (C=O) groups excluding carboxylic acids is 2. The summed E-state index contributed by atoms with van der Waals surface area (Å²) in [6.45, 7) is 0. The Bertz CT molecular complexity index is 649. The maximum Gasteiger partial charge on any atom is 0.392 e. The highest BCUT2D eigenvalue weighted by molar-refractivity contribution is 9.11. The van der Waals surface area contributed by atoms with Gasteiger partial charge < -0.3 is 0 Å². The minimum atomic E-state index is -4.35. The predicted molar refractivity (Wildman–Crippen MR) is 76.5 cm³/mol. The standard InChI is InChI=1S/C15H11BrF3NO2/c16-11-6-5-8(15(17,18)19)7-12(11)20-13(21)9-3-1-2-4-10(9)14(20)22/h1-4,6,8,12H,5,7H2/t8-,12?/m1/s1. The van der Waals surface area contributed by atoms with Crippen molar-refractivity contribution >= 4 is 27.7 Å².